The van der Waals surface area contributed by atoms with Crippen LogP contribution >= 0.6 is 0 Å². The first-order valence-corrected chi connectivity index (χ1v) is 4.02. The van der Waals surface area contributed by atoms with Crippen LogP contribution in [-0.4, -0.2) is 31.2 Å². The number of alkyl halides is 1. The van der Waals surface area contributed by atoms with Crippen LogP contribution in [0.4, 0.5) is 4.39 Å². The van der Waals surface area contributed by atoms with Crippen molar-refractivity contribution in [2.45, 2.75) is 37.9 Å². The van der Waals surface area contributed by atoms with Gasteiger partial charge in [-0.15, -0.1) is 0 Å². The highest BCUT2D eigenvalue weighted by Gasteiger charge is 2.25. The van der Waals surface area contributed by atoms with E-state index >= 15 is 0 Å². The van der Waals surface area contributed by atoms with E-state index in [1.165, 1.54) is 6.42 Å². The van der Waals surface area contributed by atoms with Gasteiger partial charge in [0.2, 0.25) is 0 Å². The summed E-state index contributed by atoms with van der Waals surface area (Å²) in [6.07, 6.45) is 3.50. The number of nitrogens with zero attached hydrogens (tertiary/aromatic N) is 1. The van der Waals surface area contributed by atoms with E-state index in [0.717, 1.165) is 19.3 Å². The predicted molar refractivity (Wildman–Crippen MR) is 40.8 cm³/mol. The number of rotatable bonds is 1. The molecule has 0 aromatic heterocycles. The van der Waals surface area contributed by atoms with E-state index in [0.29, 0.717) is 0 Å². The lowest BCUT2D eigenvalue weighted by Crippen LogP contribution is -2.38. The van der Waals surface area contributed by atoms with Crippen LogP contribution in [0.25, 0.3) is 0 Å². The third kappa shape index (κ3) is 1.69. The summed E-state index contributed by atoms with van der Waals surface area (Å²) in [6, 6.07) is 0.189. The molecule has 0 heterocycles. The first-order chi connectivity index (χ1) is 4.72. The molecule has 0 amide bonds. The first-order valence-electron chi connectivity index (χ1n) is 4.02. The second-order valence-corrected chi connectivity index (χ2v) is 3.33. The molecule has 0 aliphatic heterocycles. The van der Waals surface area contributed by atoms with Gasteiger partial charge in [0.15, 0.2) is 0 Å². The van der Waals surface area contributed by atoms with Gasteiger partial charge in [-0.05, 0) is 26.9 Å². The van der Waals surface area contributed by atoms with E-state index in [1.807, 2.05) is 19.0 Å². The maximum atomic E-state index is 13.1. The van der Waals surface area contributed by atoms with Crippen molar-refractivity contribution in [2.75, 3.05) is 14.1 Å². The zero-order valence-corrected chi connectivity index (χ0v) is 6.81. The Bertz CT molecular complexity index is 103. The van der Waals surface area contributed by atoms with Crippen LogP contribution in [0.1, 0.15) is 25.7 Å². The van der Waals surface area contributed by atoms with Crippen molar-refractivity contribution in [3.63, 3.8) is 0 Å². The van der Waals surface area contributed by atoms with Crippen molar-refractivity contribution < 1.29 is 4.39 Å². The number of halogens is 1. The Morgan fingerprint density at radius 3 is 2.20 bits per heavy atom. The van der Waals surface area contributed by atoms with Crippen LogP contribution in [-0.2, 0) is 0 Å². The monoisotopic (exact) mass is 145 g/mol. The van der Waals surface area contributed by atoms with E-state index in [4.69, 9.17) is 0 Å². The van der Waals surface area contributed by atoms with Gasteiger partial charge in [0.1, 0.15) is 6.17 Å². The normalized spacial score (nSPS) is 34.8. The average Bonchev–Trinajstić information content (AvgIpc) is 1.88. The topological polar surface area (TPSA) is 3.24 Å². The van der Waals surface area contributed by atoms with Gasteiger partial charge in [-0.1, -0.05) is 12.8 Å². The lowest BCUT2D eigenvalue weighted by Gasteiger charge is -2.31. The summed E-state index contributed by atoms with van der Waals surface area (Å²) >= 11 is 0. The van der Waals surface area contributed by atoms with Crippen LogP contribution in [0, 0.1) is 0 Å². The van der Waals surface area contributed by atoms with Crippen molar-refractivity contribution in [1.29, 1.82) is 0 Å². The fourth-order valence-corrected chi connectivity index (χ4v) is 1.65. The molecule has 1 aliphatic carbocycles. The predicted octanol–water partition coefficient (Wildman–Crippen LogP) is 1.83. The van der Waals surface area contributed by atoms with Gasteiger partial charge in [-0.3, -0.25) is 0 Å². The van der Waals surface area contributed by atoms with Gasteiger partial charge >= 0.3 is 0 Å². The number of hydrogen-bond donors (Lipinski definition) is 0. The van der Waals surface area contributed by atoms with Gasteiger partial charge in [0.05, 0.1) is 0 Å². The molecule has 1 saturated carbocycles. The maximum Gasteiger partial charge on any atom is 0.116 e. The lowest BCUT2D eigenvalue weighted by atomic mass is 9.93. The molecule has 1 rings (SSSR count). The van der Waals surface area contributed by atoms with Crippen LogP contribution < -0.4 is 0 Å². The molecule has 1 aliphatic rings. The Labute approximate surface area is 62.2 Å². The summed E-state index contributed by atoms with van der Waals surface area (Å²) in [7, 11) is 3.92. The second-order valence-electron chi connectivity index (χ2n) is 3.33. The minimum atomic E-state index is -0.580. The Balaban J connectivity index is 2.40. The molecular formula is C8H16FN. The van der Waals surface area contributed by atoms with Crippen LogP contribution in [0.15, 0.2) is 0 Å². The van der Waals surface area contributed by atoms with E-state index in [-0.39, 0.29) is 6.04 Å². The molecule has 0 aromatic carbocycles. The van der Waals surface area contributed by atoms with E-state index in [1.54, 1.807) is 0 Å². The summed E-state index contributed by atoms with van der Waals surface area (Å²) in [5.41, 5.74) is 0. The molecule has 0 spiro atoms. The van der Waals surface area contributed by atoms with Gasteiger partial charge in [0.25, 0.3) is 0 Å². The Morgan fingerprint density at radius 2 is 1.80 bits per heavy atom. The van der Waals surface area contributed by atoms with Crippen molar-refractivity contribution in [1.82, 2.24) is 4.90 Å². The molecule has 60 valence electrons. The van der Waals surface area contributed by atoms with Crippen molar-refractivity contribution in [2.24, 2.45) is 0 Å². The third-order valence-electron chi connectivity index (χ3n) is 2.31. The highest BCUT2D eigenvalue weighted by atomic mass is 19.1. The average molecular weight is 145 g/mol. The first kappa shape index (κ1) is 7.99. The summed E-state index contributed by atoms with van der Waals surface area (Å²) < 4.78 is 13.1. The van der Waals surface area contributed by atoms with Crippen LogP contribution in [0.3, 0.4) is 0 Å². The lowest BCUT2D eigenvalue weighted by molar-refractivity contribution is 0.114. The molecule has 2 heteroatoms. The highest BCUT2D eigenvalue weighted by Crippen LogP contribution is 2.23. The van der Waals surface area contributed by atoms with Crippen molar-refractivity contribution >= 4 is 0 Å². The summed E-state index contributed by atoms with van der Waals surface area (Å²) in [5, 5.41) is 0. The zero-order chi connectivity index (χ0) is 7.56. The Morgan fingerprint density at radius 1 is 1.20 bits per heavy atom. The van der Waals surface area contributed by atoms with Crippen LogP contribution in [0.2, 0.25) is 0 Å². The fraction of sp³-hybridized carbons (Fsp3) is 1.00. The molecule has 0 radical (unpaired) electrons. The highest BCUT2D eigenvalue weighted by molar-refractivity contribution is 4.79. The van der Waals surface area contributed by atoms with E-state index < -0.39 is 6.17 Å². The maximum absolute atomic E-state index is 13.1. The molecule has 0 aromatic rings. The van der Waals surface area contributed by atoms with Gasteiger partial charge in [0, 0.05) is 6.04 Å². The van der Waals surface area contributed by atoms with Gasteiger partial charge in [-0.25, -0.2) is 4.39 Å². The minimum absolute atomic E-state index is 0.189. The summed E-state index contributed by atoms with van der Waals surface area (Å²) in [4.78, 5) is 2.00. The van der Waals surface area contributed by atoms with Crippen molar-refractivity contribution in [3.8, 4) is 0 Å². The largest absolute Gasteiger partial charge is 0.304 e. The minimum Gasteiger partial charge on any atom is -0.304 e. The van der Waals surface area contributed by atoms with E-state index in [9.17, 15) is 4.39 Å². The smallest absolute Gasteiger partial charge is 0.116 e. The van der Waals surface area contributed by atoms with Gasteiger partial charge < -0.3 is 4.90 Å². The molecule has 0 N–H and O–H groups in total. The van der Waals surface area contributed by atoms with Crippen LogP contribution in [0.5, 0.6) is 0 Å². The standard InChI is InChI=1S/C8H16FN/c1-10(2)8-6-4-3-5-7(8)9/h7-8H,3-6H2,1-2H3. The Hall–Kier alpha value is -0.110. The zero-order valence-electron chi connectivity index (χ0n) is 6.81. The summed E-state index contributed by atoms with van der Waals surface area (Å²) in [5.74, 6) is 0. The fourth-order valence-electron chi connectivity index (χ4n) is 1.65. The summed E-state index contributed by atoms with van der Waals surface area (Å²) in [6.45, 7) is 0. The molecule has 10 heavy (non-hydrogen) atoms. The SMILES string of the molecule is CN(C)C1CCCCC1F. The molecule has 2 atom stereocenters. The second kappa shape index (κ2) is 3.33. The molecule has 1 nitrogen and oxygen atoms in total. The number of hydrogen-bond acceptors (Lipinski definition) is 1. The molecule has 0 saturated heterocycles. The van der Waals surface area contributed by atoms with E-state index in [2.05, 4.69) is 0 Å². The quantitative estimate of drug-likeness (QED) is 0.544. The van der Waals surface area contributed by atoms with Crippen molar-refractivity contribution in [3.05, 3.63) is 0 Å². The molecule has 2 unspecified atom stereocenters. The molecule has 0 bridgehead atoms. The molecular weight excluding hydrogens is 129 g/mol. The van der Waals surface area contributed by atoms with Gasteiger partial charge in [-0.2, -0.15) is 0 Å². The Kier molecular flexibility index (Phi) is 2.66. The third-order valence-corrected chi connectivity index (χ3v) is 2.31. The molecule has 1 fully saturated rings.